The van der Waals surface area contributed by atoms with Crippen molar-refractivity contribution >= 4 is 17.8 Å². The number of carboxylic acid groups (broad SMARTS) is 1. The minimum atomic E-state index is -0.881. The molecule has 0 aliphatic carbocycles. The predicted octanol–water partition coefficient (Wildman–Crippen LogP) is -0.216. The molecule has 0 saturated heterocycles. The van der Waals surface area contributed by atoms with Gasteiger partial charge in [0.2, 0.25) is 0 Å². The van der Waals surface area contributed by atoms with Crippen LogP contribution in [0.1, 0.15) is 6.42 Å². The zero-order valence-corrected chi connectivity index (χ0v) is 49.9. The topological polar surface area (TPSA) is 296 Å². The molecule has 0 unspecified atom stereocenters. The van der Waals surface area contributed by atoms with Crippen LogP contribution in [0.5, 0.6) is 0 Å². The van der Waals surface area contributed by atoms with Crippen molar-refractivity contribution in [1.82, 2.24) is 4.90 Å². The summed E-state index contributed by atoms with van der Waals surface area (Å²) in [5, 5.41) is 8.52. The summed E-state index contributed by atoms with van der Waals surface area (Å²) in [4.78, 5) is 34.4. The number of nitrogens with zero attached hydrogens (tertiary/aromatic N) is 1. The Hall–Kier alpha value is -2.61. The first kappa shape index (κ1) is 79.4. The van der Waals surface area contributed by atoms with Crippen LogP contribution in [0.15, 0.2) is 12.2 Å². The molecule has 0 fully saturated rings. The van der Waals surface area contributed by atoms with Gasteiger partial charge in [-0.3, -0.25) is 19.3 Å². The van der Waals surface area contributed by atoms with E-state index in [1.165, 1.54) is 12.2 Å². The van der Waals surface area contributed by atoms with Crippen LogP contribution >= 0.6 is 0 Å². The number of hydrogen-bond donors (Lipinski definition) is 1. The second kappa shape index (κ2) is 69.5. The molecule has 0 aromatic rings. The summed E-state index contributed by atoms with van der Waals surface area (Å²) in [5.41, 5.74) is 0. The number of carboxylic acids is 1. The largest absolute Gasteiger partial charge is 0.481 e. The summed E-state index contributed by atoms with van der Waals surface area (Å²) in [6, 6.07) is 0. The van der Waals surface area contributed by atoms with Gasteiger partial charge in [0.25, 0.3) is 11.8 Å². The first-order valence-electron chi connectivity index (χ1n) is 29.2. The van der Waals surface area contributed by atoms with Gasteiger partial charge in [0.15, 0.2) is 0 Å². The number of carbonyl (C=O) groups is 3. The lowest BCUT2D eigenvalue weighted by Crippen LogP contribution is -2.33. The summed E-state index contributed by atoms with van der Waals surface area (Å²) in [5.74, 6) is -1.51. The standard InChI is InChI=1S/C55H103NO28/c57-53-1-2-54(58)56(53)4-6-62-8-10-64-12-14-66-16-18-68-20-22-70-24-26-72-28-30-74-32-34-76-36-38-78-40-42-80-44-46-82-48-50-84-52-51-83-49-47-81-45-43-79-41-39-77-37-35-75-33-31-73-29-27-71-25-23-69-21-19-67-17-15-65-13-11-63-9-7-61-5-3-55(59)60/h1-2H,3-52H2,(H,59,60). The third-order valence-electron chi connectivity index (χ3n) is 10.4. The van der Waals surface area contributed by atoms with Gasteiger partial charge in [-0.2, -0.15) is 0 Å². The SMILES string of the molecule is O=C(O)CCOCCOCCOCCOCCOCCOCCOCCOCCOCCOCCOCCOCCOCCOCCOCCOCCOCCOCCOCCOCCOCCOCCOCCOCCN1C(=O)C=CC1=O. The van der Waals surface area contributed by atoms with E-state index in [1.54, 1.807) is 0 Å². The Balaban J connectivity index is 1.59. The molecule has 1 rings (SSSR count). The average molecular weight is 1230 g/mol. The molecule has 0 aromatic carbocycles. The van der Waals surface area contributed by atoms with Gasteiger partial charge in [-0.25, -0.2) is 0 Å². The van der Waals surface area contributed by atoms with Crippen molar-refractivity contribution in [2.75, 3.05) is 324 Å². The second-order valence-electron chi connectivity index (χ2n) is 17.0. The van der Waals surface area contributed by atoms with Gasteiger partial charge in [-0.05, 0) is 0 Å². The van der Waals surface area contributed by atoms with Crippen LogP contribution < -0.4 is 0 Å². The lowest BCUT2D eigenvalue weighted by atomic mass is 10.5. The Morgan fingerprint density at radius 2 is 0.345 bits per heavy atom. The molecule has 84 heavy (non-hydrogen) atoms. The van der Waals surface area contributed by atoms with E-state index in [0.717, 1.165) is 4.90 Å². The molecular weight excluding hydrogens is 1120 g/mol. The van der Waals surface area contributed by atoms with E-state index in [2.05, 4.69) is 0 Å². The zero-order valence-electron chi connectivity index (χ0n) is 49.9. The lowest BCUT2D eigenvalue weighted by molar-refractivity contribution is -0.139. The fraction of sp³-hybridized carbons (Fsp3) is 0.909. The number of aliphatic carboxylic acids is 1. The van der Waals surface area contributed by atoms with Crippen LogP contribution in [0.25, 0.3) is 0 Å². The Morgan fingerprint density at radius 1 is 0.226 bits per heavy atom. The fourth-order valence-corrected chi connectivity index (χ4v) is 6.13. The maximum atomic E-state index is 11.4. The van der Waals surface area contributed by atoms with E-state index >= 15 is 0 Å². The van der Waals surface area contributed by atoms with E-state index in [1.807, 2.05) is 0 Å². The Bertz CT molecular complexity index is 1380. The molecule has 1 heterocycles. The quantitative estimate of drug-likeness (QED) is 0.0608. The summed E-state index contributed by atoms with van der Waals surface area (Å²) in [7, 11) is 0. The molecule has 0 atom stereocenters. The monoisotopic (exact) mass is 1230 g/mol. The summed E-state index contributed by atoms with van der Waals surface area (Å²) in [6.07, 6.45) is 2.49. The van der Waals surface area contributed by atoms with Crippen molar-refractivity contribution in [2.45, 2.75) is 6.42 Å². The molecular formula is C55H103NO28. The minimum absolute atomic E-state index is 0.0114. The third kappa shape index (κ3) is 63.9. The number of rotatable bonds is 75. The molecule has 1 aliphatic rings. The van der Waals surface area contributed by atoms with Gasteiger partial charge in [-0.1, -0.05) is 0 Å². The van der Waals surface area contributed by atoms with Crippen LogP contribution in [0, 0.1) is 0 Å². The minimum Gasteiger partial charge on any atom is -0.481 e. The van der Waals surface area contributed by atoms with E-state index in [-0.39, 0.29) is 38.0 Å². The number of imide groups is 1. The Morgan fingerprint density at radius 3 is 0.476 bits per heavy atom. The van der Waals surface area contributed by atoms with Crippen LogP contribution in [0.2, 0.25) is 0 Å². The fourth-order valence-electron chi connectivity index (χ4n) is 6.13. The average Bonchev–Trinajstić information content (AvgIpc) is 4.08. The van der Waals surface area contributed by atoms with E-state index in [0.29, 0.717) is 304 Å². The summed E-state index contributed by atoms with van der Waals surface area (Å²) < 4.78 is 131. The third-order valence-corrected chi connectivity index (χ3v) is 10.4. The Labute approximate surface area is 497 Å². The van der Waals surface area contributed by atoms with Gasteiger partial charge in [-0.15, -0.1) is 0 Å². The highest BCUT2D eigenvalue weighted by Gasteiger charge is 2.22. The second-order valence-corrected chi connectivity index (χ2v) is 17.0. The molecule has 29 nitrogen and oxygen atoms in total. The summed E-state index contributed by atoms with van der Waals surface area (Å²) >= 11 is 0. The predicted molar refractivity (Wildman–Crippen MR) is 298 cm³/mol. The number of carbonyl (C=O) groups excluding carboxylic acids is 2. The molecule has 29 heteroatoms. The van der Waals surface area contributed by atoms with E-state index in [9.17, 15) is 14.4 Å². The van der Waals surface area contributed by atoms with Crippen molar-refractivity contribution in [3.05, 3.63) is 12.2 Å². The molecule has 1 N–H and O–H groups in total. The molecule has 496 valence electrons. The van der Waals surface area contributed by atoms with E-state index < -0.39 is 5.97 Å². The van der Waals surface area contributed by atoms with Crippen LogP contribution in [0.3, 0.4) is 0 Å². The molecule has 0 saturated carbocycles. The van der Waals surface area contributed by atoms with Gasteiger partial charge in [0.1, 0.15) is 0 Å². The first-order chi connectivity index (χ1) is 41.6. The maximum Gasteiger partial charge on any atom is 0.305 e. The van der Waals surface area contributed by atoms with Crippen LogP contribution in [-0.2, 0) is 128 Å². The smallest absolute Gasteiger partial charge is 0.305 e. The molecule has 1 aliphatic heterocycles. The van der Waals surface area contributed by atoms with Crippen LogP contribution in [-0.4, -0.2) is 351 Å². The van der Waals surface area contributed by atoms with Crippen LogP contribution in [0.4, 0.5) is 0 Å². The van der Waals surface area contributed by atoms with Gasteiger partial charge < -0.3 is 119 Å². The maximum absolute atomic E-state index is 11.4. The van der Waals surface area contributed by atoms with Gasteiger partial charge in [0, 0.05) is 12.2 Å². The zero-order chi connectivity index (χ0) is 60.0. The molecule has 0 radical (unpaired) electrons. The first-order valence-corrected chi connectivity index (χ1v) is 29.2. The van der Waals surface area contributed by atoms with Gasteiger partial charge in [0.05, 0.1) is 330 Å². The van der Waals surface area contributed by atoms with Gasteiger partial charge >= 0.3 is 5.97 Å². The Kier molecular flexibility index (Phi) is 65.7. The highest BCUT2D eigenvalue weighted by atomic mass is 16.6. The van der Waals surface area contributed by atoms with Crippen molar-refractivity contribution in [3.8, 4) is 0 Å². The number of amides is 2. The normalized spacial score (nSPS) is 12.5. The summed E-state index contributed by atoms with van der Waals surface area (Å²) in [6.45, 7) is 21.9. The molecule has 2 amide bonds. The molecule has 0 spiro atoms. The number of ether oxygens (including phenoxy) is 24. The van der Waals surface area contributed by atoms with Crippen molar-refractivity contribution < 1.29 is 133 Å². The molecule has 0 bridgehead atoms. The number of hydrogen-bond acceptors (Lipinski definition) is 27. The van der Waals surface area contributed by atoms with Crippen molar-refractivity contribution in [2.24, 2.45) is 0 Å². The van der Waals surface area contributed by atoms with Crippen molar-refractivity contribution in [1.29, 1.82) is 0 Å². The van der Waals surface area contributed by atoms with Crippen molar-refractivity contribution in [3.63, 3.8) is 0 Å². The molecule has 0 aromatic heterocycles. The highest BCUT2D eigenvalue weighted by molar-refractivity contribution is 6.12. The van der Waals surface area contributed by atoms with E-state index in [4.69, 9.17) is 119 Å². The lowest BCUT2D eigenvalue weighted by Gasteiger charge is -2.13. The highest BCUT2D eigenvalue weighted by Crippen LogP contribution is 2.02.